The van der Waals surface area contributed by atoms with Gasteiger partial charge in [-0.2, -0.15) is 4.37 Å². The maximum atomic E-state index is 13.6. The van der Waals surface area contributed by atoms with Gasteiger partial charge in [0.15, 0.2) is 5.69 Å². The molecule has 1 aliphatic carbocycles. The lowest BCUT2D eigenvalue weighted by atomic mass is 10.0. The highest BCUT2D eigenvalue weighted by atomic mass is 35.5. The molecule has 32 heavy (non-hydrogen) atoms. The number of hydrogen-bond donors (Lipinski definition) is 1. The molecule has 10 heteroatoms. The van der Waals surface area contributed by atoms with E-state index in [0.717, 1.165) is 37.2 Å². The first-order valence-corrected chi connectivity index (χ1v) is 11.7. The van der Waals surface area contributed by atoms with Crippen molar-refractivity contribution in [3.63, 3.8) is 0 Å². The van der Waals surface area contributed by atoms with E-state index in [2.05, 4.69) is 9.69 Å². The van der Waals surface area contributed by atoms with E-state index < -0.39 is 17.8 Å². The van der Waals surface area contributed by atoms with Crippen molar-refractivity contribution in [1.29, 1.82) is 0 Å². The summed E-state index contributed by atoms with van der Waals surface area (Å²) in [4.78, 5) is 28.4. The van der Waals surface area contributed by atoms with Crippen LogP contribution in [0.1, 0.15) is 53.5 Å². The number of carbonyl (C=O) groups is 2. The zero-order chi connectivity index (χ0) is 22.7. The van der Waals surface area contributed by atoms with Gasteiger partial charge in [-0.1, -0.05) is 48.2 Å². The third-order valence-electron chi connectivity index (χ3n) is 5.41. The van der Waals surface area contributed by atoms with Gasteiger partial charge < -0.3 is 14.6 Å². The summed E-state index contributed by atoms with van der Waals surface area (Å²) >= 11 is 13.1. The standard InChI is InChI=1S/C22H20Cl2FN3O3S/c23-17-18(27-32-20(17)24)22(30)28(12-16-6-3-11-31-16)19(13-7-9-14(25)10-8-13)21(29)26-15-4-1-2-5-15/h3,6-11,15,19H,1-2,4-5,12H2,(H,26,29). The van der Waals surface area contributed by atoms with Gasteiger partial charge in [-0.05, 0) is 54.2 Å². The number of nitrogens with zero attached hydrogens (tertiary/aromatic N) is 2. The van der Waals surface area contributed by atoms with Crippen molar-refractivity contribution in [2.24, 2.45) is 0 Å². The molecule has 1 fully saturated rings. The van der Waals surface area contributed by atoms with Gasteiger partial charge in [-0.25, -0.2) is 4.39 Å². The number of hydrogen-bond acceptors (Lipinski definition) is 5. The normalized spacial score (nSPS) is 15.0. The zero-order valence-corrected chi connectivity index (χ0v) is 19.2. The molecular weight excluding hydrogens is 476 g/mol. The smallest absolute Gasteiger partial charge is 0.276 e. The van der Waals surface area contributed by atoms with E-state index in [1.807, 2.05) is 0 Å². The molecule has 1 N–H and O–H groups in total. The zero-order valence-electron chi connectivity index (χ0n) is 16.9. The fourth-order valence-corrected chi connectivity index (χ4v) is 4.83. The molecule has 1 aromatic carbocycles. The van der Waals surface area contributed by atoms with Gasteiger partial charge in [-0.15, -0.1) is 0 Å². The highest BCUT2D eigenvalue weighted by molar-refractivity contribution is 7.11. The average Bonchev–Trinajstić information content (AvgIpc) is 3.53. The number of nitrogens with one attached hydrogen (secondary N) is 1. The number of carbonyl (C=O) groups excluding carboxylic acids is 2. The summed E-state index contributed by atoms with van der Waals surface area (Å²) in [6.45, 7) is -0.0164. The minimum absolute atomic E-state index is 0.0164. The lowest BCUT2D eigenvalue weighted by Gasteiger charge is -2.31. The highest BCUT2D eigenvalue weighted by Crippen LogP contribution is 2.33. The van der Waals surface area contributed by atoms with Gasteiger partial charge in [-0.3, -0.25) is 9.59 Å². The molecule has 0 saturated heterocycles. The molecule has 2 aromatic heterocycles. The third kappa shape index (κ3) is 4.98. The SMILES string of the molecule is O=C(NC1CCCC1)C(c1ccc(F)cc1)N(Cc1ccco1)C(=O)c1nsc(Cl)c1Cl. The van der Waals surface area contributed by atoms with Crippen molar-refractivity contribution < 1.29 is 18.4 Å². The van der Waals surface area contributed by atoms with Crippen LogP contribution in [0.3, 0.4) is 0 Å². The van der Waals surface area contributed by atoms with E-state index >= 15 is 0 Å². The first kappa shape index (κ1) is 22.8. The Kier molecular flexibility index (Phi) is 7.13. The van der Waals surface area contributed by atoms with Crippen molar-refractivity contribution >= 4 is 46.5 Å². The minimum Gasteiger partial charge on any atom is -0.467 e. The Morgan fingerprint density at radius 2 is 1.94 bits per heavy atom. The van der Waals surface area contributed by atoms with Crippen LogP contribution in [0, 0.1) is 5.82 Å². The molecule has 1 atom stereocenters. The topological polar surface area (TPSA) is 75.4 Å². The summed E-state index contributed by atoms with van der Waals surface area (Å²) in [6, 6.07) is 7.87. The molecule has 1 saturated carbocycles. The summed E-state index contributed by atoms with van der Waals surface area (Å²) in [5.74, 6) is -0.912. The molecule has 1 aliphatic rings. The molecule has 3 aromatic rings. The van der Waals surface area contributed by atoms with Crippen molar-refractivity contribution in [3.8, 4) is 0 Å². The molecule has 0 radical (unpaired) electrons. The lowest BCUT2D eigenvalue weighted by molar-refractivity contribution is -0.126. The molecule has 0 aliphatic heterocycles. The number of rotatable bonds is 7. The Morgan fingerprint density at radius 3 is 2.53 bits per heavy atom. The lowest BCUT2D eigenvalue weighted by Crippen LogP contribution is -2.46. The van der Waals surface area contributed by atoms with Gasteiger partial charge >= 0.3 is 0 Å². The molecule has 168 valence electrons. The molecule has 6 nitrogen and oxygen atoms in total. The Morgan fingerprint density at radius 1 is 1.22 bits per heavy atom. The highest BCUT2D eigenvalue weighted by Gasteiger charge is 2.36. The van der Waals surface area contributed by atoms with Crippen LogP contribution in [-0.2, 0) is 11.3 Å². The van der Waals surface area contributed by atoms with Crippen molar-refractivity contribution in [1.82, 2.24) is 14.6 Å². The minimum atomic E-state index is -1.05. The number of benzene rings is 1. The van der Waals surface area contributed by atoms with Gasteiger partial charge in [0, 0.05) is 6.04 Å². The van der Waals surface area contributed by atoms with Crippen LogP contribution in [0.25, 0.3) is 0 Å². The van der Waals surface area contributed by atoms with Crippen LogP contribution in [0.15, 0.2) is 47.1 Å². The Hall–Kier alpha value is -2.42. The first-order valence-electron chi connectivity index (χ1n) is 10.1. The maximum Gasteiger partial charge on any atom is 0.276 e. The summed E-state index contributed by atoms with van der Waals surface area (Å²) in [6.07, 6.45) is 5.31. The average molecular weight is 496 g/mol. The van der Waals surface area contributed by atoms with E-state index in [1.165, 1.54) is 35.4 Å². The van der Waals surface area contributed by atoms with Crippen LogP contribution in [0.2, 0.25) is 9.36 Å². The Balaban J connectivity index is 1.75. The monoisotopic (exact) mass is 495 g/mol. The molecule has 0 bridgehead atoms. The van der Waals surface area contributed by atoms with Gasteiger partial charge in [0.25, 0.3) is 5.91 Å². The summed E-state index contributed by atoms with van der Waals surface area (Å²) in [5, 5.41) is 3.07. The Labute approximate surface area is 198 Å². The summed E-state index contributed by atoms with van der Waals surface area (Å²) in [7, 11) is 0. The van der Waals surface area contributed by atoms with E-state index in [9.17, 15) is 14.0 Å². The van der Waals surface area contributed by atoms with E-state index in [-0.39, 0.29) is 33.5 Å². The van der Waals surface area contributed by atoms with E-state index in [1.54, 1.807) is 12.1 Å². The molecule has 1 unspecified atom stereocenters. The fourth-order valence-electron chi connectivity index (χ4n) is 3.85. The van der Waals surface area contributed by atoms with Crippen LogP contribution in [0.4, 0.5) is 4.39 Å². The van der Waals surface area contributed by atoms with Gasteiger partial charge in [0.1, 0.15) is 27.0 Å². The Bertz CT molecular complexity index is 1080. The van der Waals surface area contributed by atoms with Crippen LogP contribution < -0.4 is 5.32 Å². The van der Waals surface area contributed by atoms with E-state index in [0.29, 0.717) is 11.3 Å². The molecule has 0 spiro atoms. The van der Waals surface area contributed by atoms with E-state index in [4.69, 9.17) is 27.6 Å². The van der Waals surface area contributed by atoms with Crippen molar-refractivity contribution in [3.05, 3.63) is 74.9 Å². The molecule has 2 heterocycles. The number of amides is 2. The number of furan rings is 1. The predicted molar refractivity (Wildman–Crippen MR) is 120 cm³/mol. The molecule has 4 rings (SSSR count). The van der Waals surface area contributed by atoms with Crippen LogP contribution in [-0.4, -0.2) is 27.1 Å². The van der Waals surface area contributed by atoms with Gasteiger partial charge in [0.2, 0.25) is 5.91 Å². The van der Waals surface area contributed by atoms with Crippen molar-refractivity contribution in [2.75, 3.05) is 0 Å². The quantitative estimate of drug-likeness (QED) is 0.461. The summed E-state index contributed by atoms with van der Waals surface area (Å²) < 4.78 is 23.3. The van der Waals surface area contributed by atoms with Crippen LogP contribution >= 0.6 is 34.7 Å². The maximum absolute atomic E-state index is 13.6. The largest absolute Gasteiger partial charge is 0.467 e. The van der Waals surface area contributed by atoms with Gasteiger partial charge in [0.05, 0.1) is 12.8 Å². The molecular formula is C22H20Cl2FN3O3S. The molecule has 2 amide bonds. The van der Waals surface area contributed by atoms with Crippen LogP contribution in [0.5, 0.6) is 0 Å². The third-order valence-corrected chi connectivity index (χ3v) is 7.03. The second-order valence-corrected chi connectivity index (χ2v) is 9.33. The second-order valence-electron chi connectivity index (χ2n) is 7.58. The number of aromatic nitrogens is 1. The van der Waals surface area contributed by atoms with Crippen molar-refractivity contribution in [2.45, 2.75) is 44.3 Å². The first-order chi connectivity index (χ1) is 15.4. The predicted octanol–water partition coefficient (Wildman–Crippen LogP) is 5.62. The summed E-state index contributed by atoms with van der Waals surface area (Å²) in [5.41, 5.74) is 0.410. The second kappa shape index (κ2) is 10.0. The fraction of sp³-hybridized carbons (Fsp3) is 0.318. The number of halogens is 3.